The molecule has 204 valence electrons. The number of rotatable bonds is 9. The van der Waals surface area contributed by atoms with Gasteiger partial charge in [-0.05, 0) is 45.5 Å². The number of ether oxygens (including phenoxy) is 2. The summed E-state index contributed by atoms with van der Waals surface area (Å²) in [7, 11) is 5.84. The van der Waals surface area contributed by atoms with Crippen LogP contribution in [0, 0.1) is 0 Å². The van der Waals surface area contributed by atoms with Crippen LogP contribution in [0.4, 0.5) is 23.0 Å². The second-order valence-electron chi connectivity index (χ2n) is 9.82. The van der Waals surface area contributed by atoms with Gasteiger partial charge in [-0.15, -0.1) is 0 Å². The maximum atomic E-state index is 12.8. The number of carbonyl (C=O) groups excluding carboxylic acids is 1. The molecule has 1 aliphatic rings. The summed E-state index contributed by atoms with van der Waals surface area (Å²) >= 11 is 0. The number of nitrogens with zero attached hydrogens (tertiary/aromatic N) is 4. The van der Waals surface area contributed by atoms with Crippen molar-refractivity contribution in [3.8, 4) is 17.0 Å². The van der Waals surface area contributed by atoms with Crippen LogP contribution in [-0.2, 0) is 4.74 Å². The van der Waals surface area contributed by atoms with E-state index in [1.165, 1.54) is 19.0 Å². The predicted octanol–water partition coefficient (Wildman–Crippen LogP) is 4.67. The highest BCUT2D eigenvalue weighted by Gasteiger charge is 2.24. The number of benzene rings is 2. The minimum atomic E-state index is -0.480. The van der Waals surface area contributed by atoms with Crippen molar-refractivity contribution in [2.45, 2.75) is 25.8 Å². The second-order valence-corrected chi connectivity index (χ2v) is 9.82. The first kappa shape index (κ1) is 26.3. The van der Waals surface area contributed by atoms with Crippen LogP contribution in [0.5, 0.6) is 5.75 Å². The van der Waals surface area contributed by atoms with Gasteiger partial charge < -0.3 is 35.3 Å². The molecule has 0 saturated carbocycles. The van der Waals surface area contributed by atoms with Crippen molar-refractivity contribution in [1.29, 1.82) is 0 Å². The summed E-state index contributed by atoms with van der Waals surface area (Å²) in [5.74, 6) is 0.429. The number of hydrogen-bond acceptors (Lipinski definition) is 9. The SMILES string of the molecule is CCOC(=O)c1cnc(Nc2cc(N)c(N(C)CC3CCCN3C)cc2OC)nc1-c1c[nH]c2ccccc12. The summed E-state index contributed by atoms with van der Waals surface area (Å²) in [6, 6.07) is 12.1. The molecule has 1 saturated heterocycles. The first-order valence-electron chi connectivity index (χ1n) is 13.2. The number of fused-ring (bicyclic) bond motifs is 1. The molecular weight excluding hydrogens is 494 g/mol. The predicted molar refractivity (Wildman–Crippen MR) is 155 cm³/mol. The molecule has 1 aliphatic heterocycles. The Morgan fingerprint density at radius 2 is 2.13 bits per heavy atom. The lowest BCUT2D eigenvalue weighted by Gasteiger charge is -2.29. The number of nitrogens with two attached hydrogens (primary N) is 1. The highest BCUT2D eigenvalue weighted by Crippen LogP contribution is 2.37. The maximum absolute atomic E-state index is 12.8. The number of carbonyl (C=O) groups is 1. The van der Waals surface area contributed by atoms with Crippen molar-refractivity contribution >= 4 is 39.9 Å². The summed E-state index contributed by atoms with van der Waals surface area (Å²) in [4.78, 5) is 29.8. The molecule has 2 aromatic heterocycles. The van der Waals surface area contributed by atoms with E-state index >= 15 is 0 Å². The first-order valence-corrected chi connectivity index (χ1v) is 13.2. The molecule has 4 N–H and O–H groups in total. The summed E-state index contributed by atoms with van der Waals surface area (Å²) < 4.78 is 11.0. The van der Waals surface area contributed by atoms with Crippen molar-refractivity contribution in [2.75, 3.05) is 56.9 Å². The van der Waals surface area contributed by atoms with Crippen LogP contribution < -0.4 is 20.7 Å². The number of likely N-dealkylation sites (tertiary alicyclic amines) is 1. The third-order valence-corrected chi connectivity index (χ3v) is 7.29. The molecule has 3 heterocycles. The van der Waals surface area contributed by atoms with Gasteiger partial charge in [0.15, 0.2) is 0 Å². The highest BCUT2D eigenvalue weighted by atomic mass is 16.5. The molecule has 1 fully saturated rings. The smallest absolute Gasteiger partial charge is 0.341 e. The normalized spacial score (nSPS) is 15.4. The lowest BCUT2D eigenvalue weighted by atomic mass is 10.1. The summed E-state index contributed by atoms with van der Waals surface area (Å²) in [5, 5.41) is 4.18. The fourth-order valence-electron chi connectivity index (χ4n) is 5.20. The zero-order valence-corrected chi connectivity index (χ0v) is 22.8. The molecule has 4 aromatic rings. The zero-order chi connectivity index (χ0) is 27.5. The lowest BCUT2D eigenvalue weighted by Crippen LogP contribution is -2.36. The van der Waals surface area contributed by atoms with E-state index in [1.807, 2.05) is 42.6 Å². The van der Waals surface area contributed by atoms with Gasteiger partial charge in [0.25, 0.3) is 0 Å². The fourth-order valence-corrected chi connectivity index (χ4v) is 5.20. The van der Waals surface area contributed by atoms with Gasteiger partial charge in [0.1, 0.15) is 11.3 Å². The number of nitrogens with one attached hydrogen (secondary N) is 2. The molecule has 0 amide bonds. The first-order chi connectivity index (χ1) is 18.9. The Morgan fingerprint density at radius 1 is 1.31 bits per heavy atom. The number of para-hydroxylation sites is 1. The van der Waals surface area contributed by atoms with Gasteiger partial charge in [-0.25, -0.2) is 14.8 Å². The Morgan fingerprint density at radius 3 is 2.87 bits per heavy atom. The van der Waals surface area contributed by atoms with Crippen LogP contribution in [0.3, 0.4) is 0 Å². The standard InChI is InChI=1S/C29H35N7O3/c1-5-39-28(37)21-16-32-29(34-27(21)20-15-31-23-11-7-6-10-19(20)23)33-24-13-22(30)25(14-26(24)38-4)36(3)17-18-9-8-12-35(18)2/h6-7,10-11,13-16,18,31H,5,8-9,12,17,30H2,1-4H3,(H,32,33,34). The molecule has 10 nitrogen and oxygen atoms in total. The molecule has 0 radical (unpaired) electrons. The van der Waals surface area contributed by atoms with Gasteiger partial charge >= 0.3 is 5.97 Å². The fraction of sp³-hybridized carbons (Fsp3) is 0.345. The van der Waals surface area contributed by atoms with Crippen LogP contribution in [0.15, 0.2) is 48.8 Å². The molecule has 5 rings (SSSR count). The number of nitrogen functional groups attached to an aromatic ring is 1. The van der Waals surface area contributed by atoms with Crippen molar-refractivity contribution in [2.24, 2.45) is 0 Å². The van der Waals surface area contributed by atoms with Crippen LogP contribution >= 0.6 is 0 Å². The molecule has 39 heavy (non-hydrogen) atoms. The van der Waals surface area contributed by atoms with Gasteiger partial charge in [0.05, 0.1) is 36.5 Å². The van der Waals surface area contributed by atoms with E-state index < -0.39 is 5.97 Å². The third kappa shape index (κ3) is 5.33. The monoisotopic (exact) mass is 529 g/mol. The average Bonchev–Trinajstić information content (AvgIpc) is 3.54. The van der Waals surface area contributed by atoms with Crippen molar-refractivity contribution in [3.63, 3.8) is 0 Å². The van der Waals surface area contributed by atoms with E-state index in [4.69, 9.17) is 20.2 Å². The second kappa shape index (κ2) is 11.2. The Bertz CT molecular complexity index is 1490. The van der Waals surface area contributed by atoms with Crippen LogP contribution in [-0.4, -0.2) is 72.8 Å². The van der Waals surface area contributed by atoms with E-state index in [-0.39, 0.29) is 12.2 Å². The summed E-state index contributed by atoms with van der Waals surface area (Å²) in [6.45, 7) is 4.02. The highest BCUT2D eigenvalue weighted by molar-refractivity contribution is 6.02. The van der Waals surface area contributed by atoms with Crippen molar-refractivity contribution < 1.29 is 14.3 Å². The van der Waals surface area contributed by atoms with Crippen LogP contribution in [0.1, 0.15) is 30.1 Å². The Labute approximate surface area is 228 Å². The number of likely N-dealkylation sites (N-methyl/N-ethyl adjacent to an activating group) is 2. The average molecular weight is 530 g/mol. The zero-order valence-electron chi connectivity index (χ0n) is 22.8. The summed E-state index contributed by atoms with van der Waals surface area (Å²) in [5.41, 5.74) is 11.1. The lowest BCUT2D eigenvalue weighted by molar-refractivity contribution is 0.0526. The molecule has 1 atom stereocenters. The number of methoxy groups -OCH3 is 1. The van der Waals surface area contributed by atoms with Gasteiger partial charge in [0.2, 0.25) is 5.95 Å². The number of aromatic amines is 1. The van der Waals surface area contributed by atoms with Crippen LogP contribution in [0.25, 0.3) is 22.2 Å². The largest absolute Gasteiger partial charge is 0.494 e. The minimum absolute atomic E-state index is 0.250. The molecule has 0 bridgehead atoms. The Kier molecular flexibility index (Phi) is 7.56. The van der Waals surface area contributed by atoms with E-state index in [1.54, 1.807) is 14.0 Å². The van der Waals surface area contributed by atoms with Crippen molar-refractivity contribution in [3.05, 3.63) is 54.4 Å². The van der Waals surface area contributed by atoms with Gasteiger partial charge in [-0.1, -0.05) is 18.2 Å². The molecule has 2 aromatic carbocycles. The van der Waals surface area contributed by atoms with Gasteiger partial charge in [0, 0.05) is 54.6 Å². The third-order valence-electron chi connectivity index (χ3n) is 7.29. The summed E-state index contributed by atoms with van der Waals surface area (Å²) in [6.07, 6.45) is 5.71. The van der Waals surface area contributed by atoms with Crippen molar-refractivity contribution in [1.82, 2.24) is 19.9 Å². The maximum Gasteiger partial charge on any atom is 0.341 e. The molecular formula is C29H35N7O3. The van der Waals surface area contributed by atoms with E-state index in [2.05, 4.69) is 39.2 Å². The number of esters is 1. The Hall–Kier alpha value is -4.31. The Balaban J connectivity index is 1.48. The van der Waals surface area contributed by atoms with E-state index in [0.717, 1.165) is 35.2 Å². The molecule has 1 unspecified atom stereocenters. The van der Waals surface area contributed by atoms with E-state index in [9.17, 15) is 4.79 Å². The topological polar surface area (TPSA) is 122 Å². The van der Waals surface area contributed by atoms with Gasteiger partial charge in [-0.3, -0.25) is 0 Å². The molecule has 10 heteroatoms. The van der Waals surface area contributed by atoms with E-state index in [0.29, 0.717) is 34.8 Å². The number of anilines is 4. The number of H-pyrrole nitrogens is 1. The quantitative estimate of drug-likeness (QED) is 0.210. The molecule has 0 spiro atoms. The molecule has 0 aliphatic carbocycles. The van der Waals surface area contributed by atoms with Gasteiger partial charge in [-0.2, -0.15) is 0 Å². The number of hydrogen-bond donors (Lipinski definition) is 3. The minimum Gasteiger partial charge on any atom is -0.494 e. The number of aromatic nitrogens is 3. The van der Waals surface area contributed by atoms with Crippen LogP contribution in [0.2, 0.25) is 0 Å².